The first kappa shape index (κ1) is 14.4. The van der Waals surface area contributed by atoms with Gasteiger partial charge in [0.25, 0.3) is 0 Å². The number of anilines is 1. The lowest BCUT2D eigenvalue weighted by atomic mass is 10.1. The van der Waals surface area contributed by atoms with E-state index in [9.17, 15) is 0 Å². The second-order valence-electron chi connectivity index (χ2n) is 5.59. The minimum absolute atomic E-state index is 0.694. The molecular formula is C15H28N4. The number of nitrogens with one attached hydrogen (secondary N) is 1. The Morgan fingerprint density at radius 1 is 1.37 bits per heavy atom. The van der Waals surface area contributed by atoms with Crippen molar-refractivity contribution >= 4 is 5.82 Å². The van der Waals surface area contributed by atoms with E-state index in [4.69, 9.17) is 0 Å². The largest absolute Gasteiger partial charge is 0.354 e. The van der Waals surface area contributed by atoms with Crippen molar-refractivity contribution in [2.24, 2.45) is 7.05 Å². The summed E-state index contributed by atoms with van der Waals surface area (Å²) in [5.74, 6) is 1.34. The maximum Gasteiger partial charge on any atom is 0.131 e. The van der Waals surface area contributed by atoms with Crippen LogP contribution in [0.25, 0.3) is 0 Å². The molecule has 0 saturated carbocycles. The average molecular weight is 264 g/mol. The first-order valence-electron chi connectivity index (χ1n) is 7.68. The molecule has 0 spiro atoms. The Morgan fingerprint density at radius 2 is 2.16 bits per heavy atom. The molecule has 1 aliphatic heterocycles. The Morgan fingerprint density at radius 3 is 2.84 bits per heavy atom. The van der Waals surface area contributed by atoms with Gasteiger partial charge in [0.05, 0.1) is 5.69 Å². The third kappa shape index (κ3) is 2.94. The van der Waals surface area contributed by atoms with Gasteiger partial charge in [0, 0.05) is 31.7 Å². The van der Waals surface area contributed by atoms with E-state index in [0.717, 1.165) is 13.1 Å². The molecule has 4 nitrogen and oxygen atoms in total. The minimum Gasteiger partial charge on any atom is -0.354 e. The molecule has 4 heteroatoms. The lowest BCUT2D eigenvalue weighted by Crippen LogP contribution is -2.31. The van der Waals surface area contributed by atoms with Crippen LogP contribution < -0.4 is 10.2 Å². The van der Waals surface area contributed by atoms with Crippen LogP contribution in [0.4, 0.5) is 5.82 Å². The molecular weight excluding hydrogens is 236 g/mol. The molecule has 19 heavy (non-hydrogen) atoms. The topological polar surface area (TPSA) is 33.1 Å². The Kier molecular flexibility index (Phi) is 4.86. The summed E-state index contributed by atoms with van der Waals surface area (Å²) in [7, 11) is 2.08. The summed E-state index contributed by atoms with van der Waals surface area (Å²) in [5.41, 5.74) is 2.55. The van der Waals surface area contributed by atoms with Crippen LogP contribution in [0.3, 0.4) is 0 Å². The van der Waals surface area contributed by atoms with Crippen molar-refractivity contribution in [3.8, 4) is 0 Å². The van der Waals surface area contributed by atoms with Gasteiger partial charge in [-0.05, 0) is 39.2 Å². The third-order valence-corrected chi connectivity index (χ3v) is 4.16. The van der Waals surface area contributed by atoms with E-state index >= 15 is 0 Å². The quantitative estimate of drug-likeness (QED) is 0.802. The molecule has 0 aliphatic carbocycles. The van der Waals surface area contributed by atoms with Crippen molar-refractivity contribution in [1.82, 2.24) is 15.1 Å². The molecule has 0 aromatic carbocycles. The van der Waals surface area contributed by atoms with E-state index in [-0.39, 0.29) is 0 Å². The zero-order chi connectivity index (χ0) is 13.8. The van der Waals surface area contributed by atoms with Crippen LogP contribution >= 0.6 is 0 Å². The number of rotatable bonds is 6. The maximum atomic E-state index is 4.64. The van der Waals surface area contributed by atoms with Gasteiger partial charge in [-0.1, -0.05) is 13.8 Å². The molecule has 0 radical (unpaired) electrons. The standard InChI is InChI=1S/C15H28N4/c1-5-9-16-11-14-12(3)17-18(4)15(14)19-10-7-8-13(19)6-2/h13,16H,5-11H2,1-4H3. The van der Waals surface area contributed by atoms with Crippen molar-refractivity contribution in [1.29, 1.82) is 0 Å². The lowest BCUT2D eigenvalue weighted by Gasteiger charge is -2.27. The predicted octanol–water partition coefficient (Wildman–Crippen LogP) is 2.61. The molecule has 1 aromatic rings. The summed E-state index contributed by atoms with van der Waals surface area (Å²) in [4.78, 5) is 2.57. The van der Waals surface area contributed by atoms with Crippen LogP contribution in [-0.4, -0.2) is 28.9 Å². The highest BCUT2D eigenvalue weighted by Crippen LogP contribution is 2.31. The van der Waals surface area contributed by atoms with Crippen molar-refractivity contribution in [2.75, 3.05) is 18.0 Å². The predicted molar refractivity (Wildman–Crippen MR) is 80.6 cm³/mol. The van der Waals surface area contributed by atoms with Crippen LogP contribution in [0.5, 0.6) is 0 Å². The van der Waals surface area contributed by atoms with Crippen LogP contribution in [0, 0.1) is 6.92 Å². The molecule has 1 aliphatic rings. The molecule has 1 aromatic heterocycles. The van der Waals surface area contributed by atoms with Gasteiger partial charge in [-0.2, -0.15) is 5.10 Å². The van der Waals surface area contributed by atoms with Gasteiger partial charge in [0.1, 0.15) is 5.82 Å². The number of hydrogen-bond donors (Lipinski definition) is 1. The summed E-state index contributed by atoms with van der Waals surface area (Å²) in [6, 6.07) is 0.694. The Labute approximate surface area is 117 Å². The number of aromatic nitrogens is 2. The Hall–Kier alpha value is -1.03. The second-order valence-corrected chi connectivity index (χ2v) is 5.59. The smallest absolute Gasteiger partial charge is 0.131 e. The normalized spacial score (nSPS) is 19.4. The van der Waals surface area contributed by atoms with Crippen molar-refractivity contribution in [2.45, 2.75) is 59.0 Å². The molecule has 0 bridgehead atoms. The fourth-order valence-electron chi connectivity index (χ4n) is 3.19. The van der Waals surface area contributed by atoms with Gasteiger partial charge in [0.2, 0.25) is 0 Å². The number of hydrogen-bond acceptors (Lipinski definition) is 3. The van der Waals surface area contributed by atoms with Gasteiger partial charge in [-0.15, -0.1) is 0 Å². The van der Waals surface area contributed by atoms with E-state index in [1.807, 2.05) is 0 Å². The van der Waals surface area contributed by atoms with Crippen molar-refractivity contribution < 1.29 is 0 Å². The molecule has 1 atom stereocenters. The summed E-state index contributed by atoms with van der Waals surface area (Å²) in [6.45, 7) is 9.82. The van der Waals surface area contributed by atoms with Gasteiger partial charge in [-0.3, -0.25) is 4.68 Å². The van der Waals surface area contributed by atoms with Crippen molar-refractivity contribution in [3.05, 3.63) is 11.3 Å². The van der Waals surface area contributed by atoms with Crippen molar-refractivity contribution in [3.63, 3.8) is 0 Å². The van der Waals surface area contributed by atoms with E-state index in [1.165, 1.54) is 49.3 Å². The van der Waals surface area contributed by atoms with Crippen LogP contribution in [0.2, 0.25) is 0 Å². The first-order valence-corrected chi connectivity index (χ1v) is 7.68. The van der Waals surface area contributed by atoms with Gasteiger partial charge in [-0.25, -0.2) is 0 Å². The van der Waals surface area contributed by atoms with E-state index < -0.39 is 0 Å². The summed E-state index contributed by atoms with van der Waals surface area (Å²) in [6.07, 6.45) is 5.04. The highest BCUT2D eigenvalue weighted by atomic mass is 15.4. The zero-order valence-electron chi connectivity index (χ0n) is 12.9. The molecule has 1 fully saturated rings. The molecule has 1 N–H and O–H groups in total. The summed E-state index contributed by atoms with van der Waals surface area (Å²) < 4.78 is 2.08. The number of aryl methyl sites for hydroxylation is 2. The fourth-order valence-corrected chi connectivity index (χ4v) is 3.19. The molecule has 2 rings (SSSR count). The van der Waals surface area contributed by atoms with Crippen LogP contribution in [-0.2, 0) is 13.6 Å². The molecule has 1 saturated heterocycles. The maximum absolute atomic E-state index is 4.64. The molecule has 1 unspecified atom stereocenters. The SMILES string of the molecule is CCCNCc1c(C)nn(C)c1N1CCCC1CC. The highest BCUT2D eigenvalue weighted by molar-refractivity contribution is 5.51. The van der Waals surface area contributed by atoms with Gasteiger partial charge >= 0.3 is 0 Å². The zero-order valence-corrected chi connectivity index (χ0v) is 12.9. The molecule has 0 amide bonds. The summed E-state index contributed by atoms with van der Waals surface area (Å²) >= 11 is 0. The highest BCUT2D eigenvalue weighted by Gasteiger charge is 2.28. The molecule has 108 valence electrons. The van der Waals surface area contributed by atoms with Crippen LogP contribution in [0.15, 0.2) is 0 Å². The van der Waals surface area contributed by atoms with E-state index in [1.54, 1.807) is 0 Å². The monoisotopic (exact) mass is 264 g/mol. The number of nitrogens with zero attached hydrogens (tertiary/aromatic N) is 3. The van der Waals surface area contributed by atoms with E-state index in [2.05, 4.69) is 47.8 Å². The van der Waals surface area contributed by atoms with E-state index in [0.29, 0.717) is 6.04 Å². The third-order valence-electron chi connectivity index (χ3n) is 4.16. The van der Waals surface area contributed by atoms with Gasteiger partial charge < -0.3 is 10.2 Å². The summed E-state index contributed by atoms with van der Waals surface area (Å²) in [5, 5.41) is 8.16. The lowest BCUT2D eigenvalue weighted by molar-refractivity contribution is 0.614. The fraction of sp³-hybridized carbons (Fsp3) is 0.800. The van der Waals surface area contributed by atoms with Crippen LogP contribution in [0.1, 0.15) is 50.8 Å². The second kappa shape index (κ2) is 6.42. The average Bonchev–Trinajstić information content (AvgIpc) is 2.94. The molecule has 2 heterocycles. The Balaban J connectivity index is 2.22. The van der Waals surface area contributed by atoms with Gasteiger partial charge in [0.15, 0.2) is 0 Å². The first-order chi connectivity index (χ1) is 9.19. The Bertz CT molecular complexity index is 411. The minimum atomic E-state index is 0.694.